The molecule has 1 heterocycles. The highest BCUT2D eigenvalue weighted by Gasteiger charge is 2.35. The molecule has 6 heteroatoms. The van der Waals surface area contributed by atoms with E-state index in [4.69, 9.17) is 5.73 Å². The number of nitrogens with one attached hydrogen (secondary N) is 1. The van der Waals surface area contributed by atoms with Gasteiger partial charge in [-0.15, -0.1) is 0 Å². The van der Waals surface area contributed by atoms with Crippen LogP contribution in [0, 0.1) is 6.92 Å². The van der Waals surface area contributed by atoms with Crippen LogP contribution in [0.25, 0.3) is 0 Å². The van der Waals surface area contributed by atoms with Gasteiger partial charge in [0, 0.05) is 0 Å². The summed E-state index contributed by atoms with van der Waals surface area (Å²) < 4.78 is 0. The number of carbonyl (C=O) groups excluding carboxylic acids is 1. The molecule has 0 radical (unpaired) electrons. The third-order valence-electron chi connectivity index (χ3n) is 3.26. The summed E-state index contributed by atoms with van der Waals surface area (Å²) in [5.74, 6) is -0.173. The number of nitrogen functional groups attached to an aromatic ring is 1. The molecule has 4 N–H and O–H groups in total. The van der Waals surface area contributed by atoms with Crippen LogP contribution in [0.5, 0.6) is 0 Å². The number of carbonyl (C=O) groups is 1. The van der Waals surface area contributed by atoms with Gasteiger partial charge in [-0.1, -0.05) is 24.2 Å². The third-order valence-corrected chi connectivity index (χ3v) is 4.25. The van der Waals surface area contributed by atoms with Gasteiger partial charge in [0.25, 0.3) is 5.91 Å². The molecule has 1 saturated carbocycles. The lowest BCUT2D eigenvalue weighted by molar-refractivity contribution is 0.0842. The van der Waals surface area contributed by atoms with Crippen molar-refractivity contribution < 1.29 is 9.90 Å². The van der Waals surface area contributed by atoms with E-state index in [0.29, 0.717) is 15.7 Å². The Morgan fingerprint density at radius 3 is 2.71 bits per heavy atom. The van der Waals surface area contributed by atoms with Crippen LogP contribution in [0.15, 0.2) is 0 Å². The number of hydrogen-bond acceptors (Lipinski definition) is 5. The number of nitrogens with two attached hydrogens (primary N) is 1. The molecule has 1 aliphatic rings. The fourth-order valence-electron chi connectivity index (χ4n) is 2.30. The van der Waals surface area contributed by atoms with Crippen molar-refractivity contribution in [3.05, 3.63) is 10.6 Å². The maximum absolute atomic E-state index is 12.1. The van der Waals surface area contributed by atoms with Gasteiger partial charge in [-0.25, -0.2) is 4.98 Å². The van der Waals surface area contributed by atoms with Crippen LogP contribution in [0.3, 0.4) is 0 Å². The van der Waals surface area contributed by atoms with E-state index in [9.17, 15) is 9.90 Å². The summed E-state index contributed by atoms with van der Waals surface area (Å²) in [5.41, 5.74) is 5.78. The fourth-order valence-corrected chi connectivity index (χ4v) is 3.03. The van der Waals surface area contributed by atoms with Crippen LogP contribution < -0.4 is 11.1 Å². The van der Waals surface area contributed by atoms with Crippen molar-refractivity contribution in [2.24, 2.45) is 0 Å². The molecule has 0 aliphatic heterocycles. The van der Waals surface area contributed by atoms with E-state index < -0.39 is 5.54 Å². The molecule has 0 aromatic carbocycles. The largest absolute Gasteiger partial charge is 0.394 e. The van der Waals surface area contributed by atoms with Crippen molar-refractivity contribution >= 4 is 22.4 Å². The predicted molar refractivity (Wildman–Crippen MR) is 67.0 cm³/mol. The highest BCUT2D eigenvalue weighted by Crippen LogP contribution is 2.30. The van der Waals surface area contributed by atoms with E-state index >= 15 is 0 Å². The van der Waals surface area contributed by atoms with Crippen LogP contribution in [0.1, 0.15) is 41.0 Å². The molecule has 0 saturated heterocycles. The van der Waals surface area contributed by atoms with E-state index in [1.165, 1.54) is 11.3 Å². The number of aliphatic hydroxyl groups is 1. The normalized spacial score (nSPS) is 18.2. The standard InChI is InChI=1S/C11H17N3O2S/c1-7-8(17-10(12)13-7)9(16)14-11(6-15)4-2-3-5-11/h15H,2-6H2,1H3,(H2,12,13)(H,14,16). The van der Waals surface area contributed by atoms with Crippen LogP contribution >= 0.6 is 11.3 Å². The lowest BCUT2D eigenvalue weighted by atomic mass is 9.99. The molecule has 17 heavy (non-hydrogen) atoms. The summed E-state index contributed by atoms with van der Waals surface area (Å²) >= 11 is 1.19. The Labute approximate surface area is 104 Å². The van der Waals surface area contributed by atoms with Crippen LogP contribution in [-0.4, -0.2) is 28.1 Å². The average molecular weight is 255 g/mol. The number of aromatic nitrogens is 1. The molecule has 2 rings (SSSR count). The zero-order chi connectivity index (χ0) is 12.5. The lowest BCUT2D eigenvalue weighted by Crippen LogP contribution is -2.49. The smallest absolute Gasteiger partial charge is 0.263 e. The predicted octanol–water partition coefficient (Wildman–Crippen LogP) is 1.07. The zero-order valence-corrected chi connectivity index (χ0v) is 10.6. The number of thiazole rings is 1. The van der Waals surface area contributed by atoms with Gasteiger partial charge in [0.2, 0.25) is 0 Å². The van der Waals surface area contributed by atoms with Crippen molar-refractivity contribution in [2.45, 2.75) is 38.1 Å². The van der Waals surface area contributed by atoms with Crippen LogP contribution in [0.2, 0.25) is 0 Å². The Bertz CT molecular complexity index is 424. The molecular weight excluding hydrogens is 238 g/mol. The quantitative estimate of drug-likeness (QED) is 0.753. The minimum Gasteiger partial charge on any atom is -0.394 e. The zero-order valence-electron chi connectivity index (χ0n) is 9.82. The minimum atomic E-state index is -0.442. The Morgan fingerprint density at radius 2 is 2.24 bits per heavy atom. The third kappa shape index (κ3) is 2.42. The molecule has 94 valence electrons. The first kappa shape index (κ1) is 12.3. The Morgan fingerprint density at radius 1 is 1.59 bits per heavy atom. The van der Waals surface area contributed by atoms with Crippen molar-refractivity contribution in [1.29, 1.82) is 0 Å². The van der Waals surface area contributed by atoms with E-state index in [2.05, 4.69) is 10.3 Å². The first-order valence-corrected chi connectivity index (χ1v) is 6.54. The van der Waals surface area contributed by atoms with E-state index in [0.717, 1.165) is 25.7 Å². The number of aliphatic hydroxyl groups excluding tert-OH is 1. The van der Waals surface area contributed by atoms with Gasteiger partial charge in [-0.2, -0.15) is 0 Å². The summed E-state index contributed by atoms with van der Waals surface area (Å²) in [6.07, 6.45) is 3.76. The Hall–Kier alpha value is -1.14. The summed E-state index contributed by atoms with van der Waals surface area (Å²) in [6, 6.07) is 0. The number of anilines is 1. The minimum absolute atomic E-state index is 0.00786. The van der Waals surface area contributed by atoms with Crippen molar-refractivity contribution in [3.63, 3.8) is 0 Å². The lowest BCUT2D eigenvalue weighted by Gasteiger charge is -2.27. The van der Waals surface area contributed by atoms with Gasteiger partial charge in [0.15, 0.2) is 5.13 Å². The van der Waals surface area contributed by atoms with Gasteiger partial charge in [0.1, 0.15) is 4.88 Å². The van der Waals surface area contributed by atoms with Crippen molar-refractivity contribution in [3.8, 4) is 0 Å². The number of nitrogens with zero attached hydrogens (tertiary/aromatic N) is 1. The fraction of sp³-hybridized carbons (Fsp3) is 0.636. The number of rotatable bonds is 3. The molecular formula is C11H17N3O2S. The molecule has 0 bridgehead atoms. The van der Waals surface area contributed by atoms with E-state index in [1.807, 2.05) is 0 Å². The van der Waals surface area contributed by atoms with Gasteiger partial charge in [-0.05, 0) is 19.8 Å². The first-order chi connectivity index (χ1) is 8.06. The molecule has 1 aromatic heterocycles. The monoisotopic (exact) mass is 255 g/mol. The molecule has 5 nitrogen and oxygen atoms in total. The highest BCUT2D eigenvalue weighted by molar-refractivity contribution is 7.17. The Balaban J connectivity index is 2.13. The van der Waals surface area contributed by atoms with Crippen LogP contribution in [-0.2, 0) is 0 Å². The summed E-state index contributed by atoms with van der Waals surface area (Å²) in [7, 11) is 0. The molecule has 1 aliphatic carbocycles. The van der Waals surface area contributed by atoms with Crippen molar-refractivity contribution in [2.75, 3.05) is 12.3 Å². The molecule has 0 unspecified atom stereocenters. The molecule has 0 spiro atoms. The molecule has 1 fully saturated rings. The second kappa shape index (κ2) is 4.62. The summed E-state index contributed by atoms with van der Waals surface area (Å²) in [6.45, 7) is 1.76. The Kier molecular flexibility index (Phi) is 3.35. The van der Waals surface area contributed by atoms with Crippen molar-refractivity contribution in [1.82, 2.24) is 10.3 Å². The summed E-state index contributed by atoms with van der Waals surface area (Å²) in [4.78, 5) is 16.7. The van der Waals surface area contributed by atoms with E-state index in [1.54, 1.807) is 6.92 Å². The molecule has 0 atom stereocenters. The number of amides is 1. The van der Waals surface area contributed by atoms with Gasteiger partial charge < -0.3 is 16.2 Å². The highest BCUT2D eigenvalue weighted by atomic mass is 32.1. The maximum Gasteiger partial charge on any atom is 0.263 e. The molecule has 1 aromatic rings. The van der Waals surface area contributed by atoms with Gasteiger partial charge >= 0.3 is 0 Å². The van der Waals surface area contributed by atoms with E-state index in [-0.39, 0.29) is 12.5 Å². The molecule has 1 amide bonds. The summed E-state index contributed by atoms with van der Waals surface area (Å²) in [5, 5.41) is 12.8. The number of hydrogen-bond donors (Lipinski definition) is 3. The maximum atomic E-state index is 12.1. The second-order valence-electron chi connectivity index (χ2n) is 4.57. The first-order valence-electron chi connectivity index (χ1n) is 5.73. The topological polar surface area (TPSA) is 88.2 Å². The average Bonchev–Trinajstić information content (AvgIpc) is 2.86. The SMILES string of the molecule is Cc1nc(N)sc1C(=O)NC1(CO)CCCC1. The van der Waals surface area contributed by atoms with Gasteiger partial charge in [-0.3, -0.25) is 4.79 Å². The van der Waals surface area contributed by atoms with Crippen LogP contribution in [0.4, 0.5) is 5.13 Å². The van der Waals surface area contributed by atoms with Gasteiger partial charge in [0.05, 0.1) is 17.8 Å². The number of aryl methyl sites for hydroxylation is 1. The second-order valence-corrected chi connectivity index (χ2v) is 5.60.